The van der Waals surface area contributed by atoms with Gasteiger partial charge in [0.15, 0.2) is 15.6 Å². The molecule has 1 aromatic carbocycles. The van der Waals surface area contributed by atoms with E-state index in [1.165, 1.54) is 6.07 Å². The summed E-state index contributed by atoms with van der Waals surface area (Å²) < 4.78 is 22.9. The van der Waals surface area contributed by atoms with Gasteiger partial charge in [-0.3, -0.25) is 4.79 Å². The van der Waals surface area contributed by atoms with Crippen LogP contribution < -0.4 is 0 Å². The molecule has 0 amide bonds. The number of Topliss-reactive ketones (excluding diaryl/α,β-unsaturated/α-hetero) is 1. The smallest absolute Gasteiger partial charge is 0.176 e. The molecule has 0 heterocycles. The second-order valence-corrected chi connectivity index (χ2v) is 5.50. The lowest BCUT2D eigenvalue weighted by molar-refractivity contribution is 0.0994. The van der Waals surface area contributed by atoms with Crippen molar-refractivity contribution in [3.05, 3.63) is 35.4 Å². The number of benzene rings is 1. The highest BCUT2D eigenvalue weighted by Crippen LogP contribution is 2.25. The van der Waals surface area contributed by atoms with Crippen LogP contribution in [0.25, 0.3) is 6.08 Å². The topological polar surface area (TPSA) is 51.2 Å². The molecule has 0 bridgehead atoms. The van der Waals surface area contributed by atoms with E-state index < -0.39 is 9.84 Å². The summed E-state index contributed by atoms with van der Waals surface area (Å²) in [4.78, 5) is 11.7. The first-order valence-electron chi connectivity index (χ1n) is 4.53. The third kappa shape index (κ3) is 1.72. The van der Waals surface area contributed by atoms with E-state index in [1.807, 2.05) is 0 Å². The summed E-state index contributed by atoms with van der Waals surface area (Å²) in [6.07, 6.45) is 4.89. The van der Waals surface area contributed by atoms with Crippen LogP contribution in [0.3, 0.4) is 0 Å². The predicted molar refractivity (Wildman–Crippen MR) is 57.5 cm³/mol. The Morgan fingerprint density at radius 2 is 2.00 bits per heavy atom. The van der Waals surface area contributed by atoms with Crippen molar-refractivity contribution in [2.24, 2.45) is 0 Å². The van der Waals surface area contributed by atoms with Crippen LogP contribution in [0, 0.1) is 0 Å². The number of allylic oxidation sites excluding steroid dienone is 1. The zero-order chi connectivity index (χ0) is 11.1. The minimum atomic E-state index is -3.27. The van der Waals surface area contributed by atoms with Crippen LogP contribution in [0.2, 0.25) is 0 Å². The molecule has 0 aliphatic heterocycles. The largest absolute Gasteiger partial charge is 0.294 e. The number of rotatable bonds is 1. The molecule has 0 saturated heterocycles. The molecule has 0 N–H and O–H groups in total. The van der Waals surface area contributed by atoms with Crippen LogP contribution in [0.4, 0.5) is 0 Å². The molecule has 0 atom stereocenters. The van der Waals surface area contributed by atoms with Crippen LogP contribution in [0.15, 0.2) is 29.2 Å². The highest BCUT2D eigenvalue weighted by molar-refractivity contribution is 7.90. The van der Waals surface area contributed by atoms with Crippen molar-refractivity contribution in [1.82, 2.24) is 0 Å². The second-order valence-electron chi connectivity index (χ2n) is 3.52. The first-order valence-corrected chi connectivity index (χ1v) is 6.42. The summed E-state index contributed by atoms with van der Waals surface area (Å²) in [5.41, 5.74) is 1.02. The SMILES string of the molecule is CS(=O)(=O)c1cccc2c1C=CCC2=O. The fourth-order valence-electron chi connectivity index (χ4n) is 1.68. The van der Waals surface area contributed by atoms with Crippen LogP contribution in [-0.4, -0.2) is 20.5 Å². The Balaban J connectivity index is 2.78. The monoisotopic (exact) mass is 222 g/mol. The maximum absolute atomic E-state index is 11.5. The Morgan fingerprint density at radius 1 is 1.27 bits per heavy atom. The average molecular weight is 222 g/mol. The number of carbonyl (C=O) groups is 1. The molecular formula is C11H10O3S. The van der Waals surface area contributed by atoms with Crippen molar-refractivity contribution < 1.29 is 13.2 Å². The van der Waals surface area contributed by atoms with E-state index in [4.69, 9.17) is 0 Å². The van der Waals surface area contributed by atoms with Crippen molar-refractivity contribution >= 4 is 21.7 Å². The normalized spacial score (nSPS) is 15.1. The van der Waals surface area contributed by atoms with Gasteiger partial charge < -0.3 is 0 Å². The summed E-state index contributed by atoms with van der Waals surface area (Å²) >= 11 is 0. The number of sulfone groups is 1. The molecule has 0 fully saturated rings. The fraction of sp³-hybridized carbons (Fsp3) is 0.182. The molecule has 0 unspecified atom stereocenters. The molecule has 78 valence electrons. The van der Waals surface area contributed by atoms with Crippen molar-refractivity contribution in [1.29, 1.82) is 0 Å². The molecule has 0 aromatic heterocycles. The quantitative estimate of drug-likeness (QED) is 0.726. The van der Waals surface area contributed by atoms with Crippen LogP contribution in [0.5, 0.6) is 0 Å². The van der Waals surface area contributed by atoms with Gasteiger partial charge in [0.05, 0.1) is 4.90 Å². The number of hydrogen-bond acceptors (Lipinski definition) is 3. The van der Waals surface area contributed by atoms with E-state index in [-0.39, 0.29) is 10.7 Å². The van der Waals surface area contributed by atoms with Crippen molar-refractivity contribution in [2.75, 3.05) is 6.26 Å². The molecule has 15 heavy (non-hydrogen) atoms. The van der Waals surface area contributed by atoms with Gasteiger partial charge in [0.1, 0.15) is 0 Å². The Labute approximate surface area is 88.3 Å². The highest BCUT2D eigenvalue weighted by atomic mass is 32.2. The van der Waals surface area contributed by atoms with Gasteiger partial charge in [0.2, 0.25) is 0 Å². The van der Waals surface area contributed by atoms with Gasteiger partial charge in [-0.2, -0.15) is 0 Å². The van der Waals surface area contributed by atoms with Gasteiger partial charge in [-0.1, -0.05) is 24.3 Å². The van der Waals surface area contributed by atoms with Gasteiger partial charge >= 0.3 is 0 Å². The zero-order valence-corrected chi connectivity index (χ0v) is 9.04. The number of hydrogen-bond donors (Lipinski definition) is 0. The van der Waals surface area contributed by atoms with Gasteiger partial charge in [0.25, 0.3) is 0 Å². The second kappa shape index (κ2) is 3.31. The molecule has 1 aromatic rings. The van der Waals surface area contributed by atoms with E-state index in [2.05, 4.69) is 0 Å². The molecule has 1 aliphatic carbocycles. The standard InChI is InChI=1S/C11H10O3S/c1-15(13,14)11-7-3-4-8-9(11)5-2-6-10(8)12/h2-5,7H,6H2,1H3. The zero-order valence-electron chi connectivity index (χ0n) is 8.23. The Morgan fingerprint density at radius 3 is 2.67 bits per heavy atom. The van der Waals surface area contributed by atoms with Crippen LogP contribution in [0.1, 0.15) is 22.3 Å². The first kappa shape index (κ1) is 10.1. The van der Waals surface area contributed by atoms with E-state index >= 15 is 0 Å². The van der Waals surface area contributed by atoms with E-state index in [0.717, 1.165) is 6.26 Å². The third-order valence-corrected chi connectivity index (χ3v) is 3.51. The van der Waals surface area contributed by atoms with Gasteiger partial charge in [0, 0.05) is 23.8 Å². The van der Waals surface area contributed by atoms with E-state index in [9.17, 15) is 13.2 Å². The Kier molecular flexibility index (Phi) is 2.23. The molecule has 1 aliphatic rings. The summed E-state index contributed by atoms with van der Waals surface area (Å²) in [5.74, 6) is -0.0296. The molecule has 2 rings (SSSR count). The maximum atomic E-state index is 11.5. The lowest BCUT2D eigenvalue weighted by atomic mass is 9.96. The minimum absolute atomic E-state index is 0.0296. The van der Waals surface area contributed by atoms with Crippen molar-refractivity contribution in [3.8, 4) is 0 Å². The molecule has 4 heteroatoms. The lowest BCUT2D eigenvalue weighted by Gasteiger charge is -2.12. The van der Waals surface area contributed by atoms with E-state index in [0.29, 0.717) is 17.5 Å². The summed E-state index contributed by atoms with van der Waals surface area (Å²) in [5, 5.41) is 0. The molecular weight excluding hydrogens is 212 g/mol. The molecule has 0 spiro atoms. The highest BCUT2D eigenvalue weighted by Gasteiger charge is 2.20. The van der Waals surface area contributed by atoms with Crippen molar-refractivity contribution in [2.45, 2.75) is 11.3 Å². The lowest BCUT2D eigenvalue weighted by Crippen LogP contribution is -2.09. The Hall–Kier alpha value is -1.42. The summed E-state index contributed by atoms with van der Waals surface area (Å²) in [6, 6.07) is 4.79. The number of fused-ring (bicyclic) bond motifs is 1. The Bertz CT molecular complexity index is 553. The van der Waals surface area contributed by atoms with Crippen LogP contribution >= 0.6 is 0 Å². The molecule has 0 radical (unpaired) electrons. The summed E-state index contributed by atoms with van der Waals surface area (Å²) in [7, 11) is -3.27. The maximum Gasteiger partial charge on any atom is 0.176 e. The minimum Gasteiger partial charge on any atom is -0.294 e. The van der Waals surface area contributed by atoms with Crippen molar-refractivity contribution in [3.63, 3.8) is 0 Å². The van der Waals surface area contributed by atoms with Gasteiger partial charge in [-0.25, -0.2) is 8.42 Å². The van der Waals surface area contributed by atoms with E-state index in [1.54, 1.807) is 24.3 Å². The predicted octanol–water partition coefficient (Wildman–Crippen LogP) is 1.69. The third-order valence-electron chi connectivity index (χ3n) is 2.35. The number of carbonyl (C=O) groups excluding carboxylic acids is 1. The average Bonchev–Trinajstić information content (AvgIpc) is 2.16. The van der Waals surface area contributed by atoms with Gasteiger partial charge in [-0.15, -0.1) is 0 Å². The first-order chi connectivity index (χ1) is 7.00. The number of ketones is 1. The molecule has 3 nitrogen and oxygen atoms in total. The fourth-order valence-corrected chi connectivity index (χ4v) is 2.58. The van der Waals surface area contributed by atoms with Crippen LogP contribution in [-0.2, 0) is 9.84 Å². The summed E-state index contributed by atoms with van der Waals surface area (Å²) in [6.45, 7) is 0. The molecule has 0 saturated carbocycles. The van der Waals surface area contributed by atoms with Gasteiger partial charge in [-0.05, 0) is 6.07 Å².